The first-order valence-corrected chi connectivity index (χ1v) is 15.1. The normalized spacial score (nSPS) is 20.1. The molecule has 0 radical (unpaired) electrons. The second-order valence-corrected chi connectivity index (χ2v) is 12.7. The van der Waals surface area contributed by atoms with Gasteiger partial charge in [-0.3, -0.25) is 14.4 Å². The number of hydrogen-bond acceptors (Lipinski definition) is 9. The molecule has 38 heavy (non-hydrogen) atoms. The smallest absolute Gasteiger partial charge is 0.309 e. The molecular weight excluding hydrogens is 530 g/mol. The van der Waals surface area contributed by atoms with Crippen LogP contribution in [0.25, 0.3) is 10.4 Å². The maximum Gasteiger partial charge on any atom is 0.309 e. The topological polar surface area (TPSA) is 141 Å². The Labute approximate surface area is 226 Å². The van der Waals surface area contributed by atoms with E-state index >= 15 is 0 Å². The van der Waals surface area contributed by atoms with Gasteiger partial charge in [-0.2, -0.15) is 0 Å². The molecule has 2 aliphatic rings. The molecule has 4 rings (SSSR count). The van der Waals surface area contributed by atoms with Crippen molar-refractivity contribution < 1.29 is 32.3 Å². The zero-order valence-corrected chi connectivity index (χ0v) is 23.3. The van der Waals surface area contributed by atoms with E-state index in [1.54, 1.807) is 33.0 Å². The summed E-state index contributed by atoms with van der Waals surface area (Å²) in [4.78, 5) is 42.4. The Kier molecular flexibility index (Phi) is 8.96. The maximum absolute atomic E-state index is 13.1. The monoisotopic (exact) mass is 563 g/mol. The number of amides is 1. The standard InChI is InChI=1S/C26H33N3O7S2/c1-4-28-38(33,34)22-11-18(23(30)24(31)29-15(2)3)9-10-20(22)21-12-27-25(37-21)16-5-7-17(8-6-16)26(32)36-19-13-35-14-19/h9-12,15-17,19,28H,4-8,13-14H2,1-3H3,(H,29,31). The molecule has 206 valence electrons. The van der Waals surface area contributed by atoms with E-state index in [9.17, 15) is 22.8 Å². The van der Waals surface area contributed by atoms with Crippen molar-refractivity contribution in [2.75, 3.05) is 19.8 Å². The van der Waals surface area contributed by atoms with Gasteiger partial charge in [-0.15, -0.1) is 11.3 Å². The number of aromatic nitrogens is 1. The van der Waals surface area contributed by atoms with E-state index < -0.39 is 21.7 Å². The van der Waals surface area contributed by atoms with Crippen molar-refractivity contribution in [3.63, 3.8) is 0 Å². The molecule has 12 heteroatoms. The largest absolute Gasteiger partial charge is 0.457 e. The van der Waals surface area contributed by atoms with Crippen LogP contribution in [0.15, 0.2) is 29.3 Å². The summed E-state index contributed by atoms with van der Waals surface area (Å²) in [5, 5.41) is 3.42. The predicted molar refractivity (Wildman–Crippen MR) is 141 cm³/mol. The fraction of sp³-hybridized carbons (Fsp3) is 0.538. The number of ketones is 1. The van der Waals surface area contributed by atoms with Gasteiger partial charge in [0, 0.05) is 35.8 Å². The lowest BCUT2D eigenvalue weighted by Crippen LogP contribution is -2.39. The molecule has 1 aromatic heterocycles. The Hall–Kier alpha value is -2.67. The number of thiazole rings is 1. The third kappa shape index (κ3) is 6.48. The van der Waals surface area contributed by atoms with Gasteiger partial charge in [0.1, 0.15) is 6.10 Å². The molecule has 2 heterocycles. The van der Waals surface area contributed by atoms with E-state index in [0.29, 0.717) is 36.5 Å². The molecule has 2 fully saturated rings. The fourth-order valence-corrected chi connectivity index (χ4v) is 7.01. The van der Waals surface area contributed by atoms with Gasteiger partial charge >= 0.3 is 5.97 Å². The summed E-state index contributed by atoms with van der Waals surface area (Å²) < 4.78 is 39.1. The van der Waals surface area contributed by atoms with Gasteiger partial charge in [-0.1, -0.05) is 19.1 Å². The molecule has 1 saturated carbocycles. The third-order valence-electron chi connectivity index (χ3n) is 6.58. The Morgan fingerprint density at radius 2 is 1.87 bits per heavy atom. The zero-order valence-electron chi connectivity index (χ0n) is 21.7. The van der Waals surface area contributed by atoms with E-state index in [2.05, 4.69) is 15.0 Å². The summed E-state index contributed by atoms with van der Waals surface area (Å²) in [7, 11) is -3.95. The Morgan fingerprint density at radius 3 is 2.47 bits per heavy atom. The average Bonchev–Trinajstić information content (AvgIpc) is 3.35. The second-order valence-electron chi connectivity index (χ2n) is 9.88. The fourth-order valence-electron chi connectivity index (χ4n) is 4.54. The summed E-state index contributed by atoms with van der Waals surface area (Å²) in [6.45, 7) is 6.24. The van der Waals surface area contributed by atoms with E-state index in [1.165, 1.54) is 23.5 Å². The second kappa shape index (κ2) is 12.0. The lowest BCUT2D eigenvalue weighted by molar-refractivity contribution is -0.177. The number of Topliss-reactive ketones (excluding diaryl/α,β-unsaturated/α-hetero) is 1. The molecule has 1 saturated heterocycles. The summed E-state index contributed by atoms with van der Waals surface area (Å²) in [6, 6.07) is 4.03. The molecule has 1 aliphatic heterocycles. The van der Waals surface area contributed by atoms with Crippen LogP contribution in [-0.4, -0.2) is 63.0 Å². The van der Waals surface area contributed by atoms with Crippen LogP contribution in [0.3, 0.4) is 0 Å². The molecule has 0 spiro atoms. The van der Waals surface area contributed by atoms with E-state index in [4.69, 9.17) is 9.47 Å². The predicted octanol–water partition coefficient (Wildman–Crippen LogP) is 3.03. The number of carbonyl (C=O) groups is 3. The lowest BCUT2D eigenvalue weighted by atomic mass is 9.82. The number of benzene rings is 1. The molecule has 0 unspecified atom stereocenters. The van der Waals surface area contributed by atoms with Crippen LogP contribution in [0, 0.1) is 5.92 Å². The molecule has 2 aromatic rings. The minimum Gasteiger partial charge on any atom is -0.457 e. The number of ether oxygens (including phenoxy) is 2. The van der Waals surface area contributed by atoms with Gasteiger partial charge in [-0.05, 0) is 45.6 Å². The number of rotatable bonds is 10. The van der Waals surface area contributed by atoms with Crippen LogP contribution < -0.4 is 10.0 Å². The van der Waals surface area contributed by atoms with Crippen molar-refractivity contribution >= 4 is 39.0 Å². The zero-order chi connectivity index (χ0) is 27.4. The molecule has 10 nitrogen and oxygen atoms in total. The van der Waals surface area contributed by atoms with E-state index in [1.807, 2.05) is 0 Å². The summed E-state index contributed by atoms with van der Waals surface area (Å²) in [5.41, 5.74) is 0.405. The van der Waals surface area contributed by atoms with Gasteiger partial charge in [-0.25, -0.2) is 18.1 Å². The van der Waals surface area contributed by atoms with Crippen molar-refractivity contribution in [1.29, 1.82) is 0 Å². The highest BCUT2D eigenvalue weighted by Crippen LogP contribution is 2.41. The number of carbonyl (C=O) groups excluding carboxylic acids is 3. The average molecular weight is 564 g/mol. The number of nitrogens with one attached hydrogen (secondary N) is 2. The first-order valence-electron chi connectivity index (χ1n) is 12.8. The Balaban J connectivity index is 1.53. The van der Waals surface area contributed by atoms with Crippen molar-refractivity contribution in [3.8, 4) is 10.4 Å². The van der Waals surface area contributed by atoms with E-state index in [-0.39, 0.29) is 47.0 Å². The van der Waals surface area contributed by atoms with Crippen molar-refractivity contribution in [1.82, 2.24) is 15.0 Å². The van der Waals surface area contributed by atoms with Gasteiger partial charge in [0.15, 0.2) is 0 Å². The van der Waals surface area contributed by atoms with Crippen LogP contribution >= 0.6 is 11.3 Å². The first kappa shape index (κ1) is 28.3. The highest BCUT2D eigenvalue weighted by atomic mass is 32.2. The molecular formula is C26H33N3O7S2. The van der Waals surface area contributed by atoms with Crippen LogP contribution in [0.1, 0.15) is 67.7 Å². The Morgan fingerprint density at radius 1 is 1.16 bits per heavy atom. The van der Waals surface area contributed by atoms with Crippen LogP contribution in [0.4, 0.5) is 0 Å². The van der Waals surface area contributed by atoms with Crippen LogP contribution in [0.5, 0.6) is 0 Å². The SMILES string of the molecule is CCNS(=O)(=O)c1cc(C(=O)C(=O)NC(C)C)ccc1-c1cnc(C2CCC(C(=O)OC3COC3)CC2)s1. The van der Waals surface area contributed by atoms with Crippen molar-refractivity contribution in [3.05, 3.63) is 35.0 Å². The molecule has 1 amide bonds. The summed E-state index contributed by atoms with van der Waals surface area (Å²) in [5.74, 6) is -1.71. The quantitative estimate of drug-likeness (QED) is 0.255. The summed E-state index contributed by atoms with van der Waals surface area (Å²) in [6.07, 6.45) is 4.51. The molecule has 0 bridgehead atoms. The maximum atomic E-state index is 13.1. The van der Waals surface area contributed by atoms with Gasteiger partial charge in [0.2, 0.25) is 15.8 Å². The number of nitrogens with zero attached hydrogens (tertiary/aromatic N) is 1. The van der Waals surface area contributed by atoms with Gasteiger partial charge < -0.3 is 14.8 Å². The number of hydrogen-bond donors (Lipinski definition) is 2. The molecule has 1 aromatic carbocycles. The number of esters is 1. The number of sulfonamides is 1. The summed E-state index contributed by atoms with van der Waals surface area (Å²) >= 11 is 1.40. The van der Waals surface area contributed by atoms with Crippen LogP contribution in [-0.2, 0) is 29.1 Å². The van der Waals surface area contributed by atoms with Crippen molar-refractivity contribution in [2.45, 2.75) is 69.4 Å². The molecule has 1 aliphatic carbocycles. The van der Waals surface area contributed by atoms with Crippen molar-refractivity contribution in [2.24, 2.45) is 5.92 Å². The first-order chi connectivity index (χ1) is 18.1. The minimum absolute atomic E-state index is 0.00760. The highest BCUT2D eigenvalue weighted by Gasteiger charge is 2.33. The van der Waals surface area contributed by atoms with E-state index in [0.717, 1.165) is 17.8 Å². The van der Waals surface area contributed by atoms with Gasteiger partial charge in [0.25, 0.3) is 5.91 Å². The molecule has 2 N–H and O–H groups in total. The highest BCUT2D eigenvalue weighted by molar-refractivity contribution is 7.89. The third-order valence-corrected chi connectivity index (χ3v) is 9.36. The molecule has 0 atom stereocenters. The van der Waals surface area contributed by atoms with Crippen LogP contribution in [0.2, 0.25) is 0 Å². The minimum atomic E-state index is -3.95. The Bertz CT molecular complexity index is 1290. The van der Waals surface area contributed by atoms with Gasteiger partial charge in [0.05, 0.1) is 33.9 Å². The lowest BCUT2D eigenvalue weighted by Gasteiger charge is -2.30.